The zero-order chi connectivity index (χ0) is 20.7. The number of aryl methyl sites for hydroxylation is 1. The normalized spacial score (nSPS) is 16.1. The van der Waals surface area contributed by atoms with E-state index in [0.29, 0.717) is 16.4 Å². The minimum Gasteiger partial charge on any atom is -0.336 e. The summed E-state index contributed by atoms with van der Waals surface area (Å²) in [4.78, 5) is 5.26. The van der Waals surface area contributed by atoms with E-state index in [4.69, 9.17) is 0 Å². The maximum Gasteiger partial charge on any atom is 0.126 e. The van der Waals surface area contributed by atoms with Crippen molar-refractivity contribution in [3.8, 4) is 17.5 Å². The second kappa shape index (κ2) is 7.74. The molecule has 0 radical (unpaired) electrons. The summed E-state index contributed by atoms with van der Waals surface area (Å²) in [5, 5.41) is 10.9. The molecular weight excluding hydrogens is 380 g/mol. The molecule has 1 aliphatic rings. The molecule has 2 heterocycles. The summed E-state index contributed by atoms with van der Waals surface area (Å²) in [5.74, 6) is 0.634. The van der Waals surface area contributed by atoms with Crippen molar-refractivity contribution < 1.29 is 4.21 Å². The Bertz CT molecular complexity index is 1120. The van der Waals surface area contributed by atoms with Crippen molar-refractivity contribution in [3.05, 3.63) is 47.7 Å². The lowest BCUT2D eigenvalue weighted by molar-refractivity contribution is 0.585. The molecule has 2 atom stereocenters. The first kappa shape index (κ1) is 19.8. The van der Waals surface area contributed by atoms with Gasteiger partial charge in [-0.2, -0.15) is 5.26 Å². The van der Waals surface area contributed by atoms with Crippen LogP contribution in [0.1, 0.15) is 50.8 Å². The van der Waals surface area contributed by atoms with E-state index in [2.05, 4.69) is 59.3 Å². The van der Waals surface area contributed by atoms with Crippen LogP contribution in [0, 0.1) is 24.2 Å². The van der Waals surface area contributed by atoms with Crippen LogP contribution in [-0.4, -0.2) is 19.8 Å². The van der Waals surface area contributed by atoms with Crippen molar-refractivity contribution in [2.24, 2.45) is 5.92 Å². The van der Waals surface area contributed by atoms with Gasteiger partial charge in [-0.15, -0.1) is 0 Å². The molecule has 150 valence electrons. The summed E-state index contributed by atoms with van der Waals surface area (Å²) in [6, 6.07) is 12.7. The predicted octanol–water partition coefficient (Wildman–Crippen LogP) is 4.88. The first-order chi connectivity index (χ1) is 13.9. The molecule has 0 spiro atoms. The van der Waals surface area contributed by atoms with Crippen LogP contribution in [0.2, 0.25) is 0 Å². The molecule has 3 aromatic rings. The van der Waals surface area contributed by atoms with Crippen LogP contribution in [0.15, 0.2) is 41.4 Å². The van der Waals surface area contributed by atoms with E-state index in [9.17, 15) is 9.47 Å². The third kappa shape index (κ3) is 3.73. The average Bonchev–Trinajstić information content (AvgIpc) is 3.49. The molecule has 0 amide bonds. The van der Waals surface area contributed by atoms with Crippen LogP contribution >= 0.6 is 0 Å². The van der Waals surface area contributed by atoms with Gasteiger partial charge in [0, 0.05) is 23.7 Å². The van der Waals surface area contributed by atoms with Crippen LogP contribution in [0.25, 0.3) is 22.3 Å². The van der Waals surface area contributed by atoms with Gasteiger partial charge in [-0.1, -0.05) is 11.6 Å². The summed E-state index contributed by atoms with van der Waals surface area (Å²) in [6.45, 7) is 8.33. The van der Waals surface area contributed by atoms with E-state index in [1.807, 2.05) is 19.1 Å². The molecule has 1 fully saturated rings. The lowest BCUT2D eigenvalue weighted by atomic mass is 10.1. The van der Waals surface area contributed by atoms with E-state index in [1.165, 1.54) is 12.8 Å². The van der Waals surface area contributed by atoms with Crippen LogP contribution < -0.4 is 4.72 Å². The van der Waals surface area contributed by atoms with Gasteiger partial charge in [-0.3, -0.25) is 4.98 Å². The second-order valence-electron chi connectivity index (χ2n) is 8.21. The zero-order valence-corrected chi connectivity index (χ0v) is 18.1. The van der Waals surface area contributed by atoms with Crippen molar-refractivity contribution in [1.82, 2.24) is 14.3 Å². The van der Waals surface area contributed by atoms with Crippen LogP contribution in [0.3, 0.4) is 0 Å². The summed E-state index contributed by atoms with van der Waals surface area (Å²) in [7, 11) is -1.28. The molecule has 4 rings (SSSR count). The molecule has 0 saturated heterocycles. The minimum absolute atomic E-state index is 0.175. The van der Waals surface area contributed by atoms with Crippen molar-refractivity contribution in [2.75, 3.05) is 0 Å². The van der Waals surface area contributed by atoms with Gasteiger partial charge in [0.15, 0.2) is 0 Å². The highest BCUT2D eigenvalue weighted by molar-refractivity contribution is 7.83. The van der Waals surface area contributed by atoms with E-state index in [1.54, 1.807) is 6.20 Å². The summed E-state index contributed by atoms with van der Waals surface area (Å²) in [6.07, 6.45) is 4.07. The molecule has 1 aliphatic carbocycles. The van der Waals surface area contributed by atoms with Gasteiger partial charge in [0.05, 0.1) is 27.4 Å². The Morgan fingerprint density at radius 3 is 2.59 bits per heavy atom. The first-order valence-electron chi connectivity index (χ1n) is 10.1. The third-order valence-corrected chi connectivity index (χ3v) is 6.86. The SMILES string of the molecule is Cc1ccc2c(c1)c(C#N)c(-c1ccc(S(=O)N[C@@H](C)C3CC3)cn1)n2C(C)C. The van der Waals surface area contributed by atoms with Gasteiger partial charge in [0.25, 0.3) is 0 Å². The fourth-order valence-electron chi connectivity index (χ4n) is 3.89. The Balaban J connectivity index is 1.75. The van der Waals surface area contributed by atoms with E-state index in [0.717, 1.165) is 27.9 Å². The molecule has 0 bridgehead atoms. The number of nitrogens with one attached hydrogen (secondary N) is 1. The lowest BCUT2D eigenvalue weighted by Gasteiger charge is -2.15. The number of benzene rings is 1. The molecule has 1 N–H and O–H groups in total. The largest absolute Gasteiger partial charge is 0.336 e. The van der Waals surface area contributed by atoms with Gasteiger partial charge >= 0.3 is 0 Å². The summed E-state index contributed by atoms with van der Waals surface area (Å²) in [5.41, 5.74) is 4.33. The molecular formula is C23H26N4OS. The van der Waals surface area contributed by atoms with E-state index in [-0.39, 0.29) is 12.1 Å². The first-order valence-corrected chi connectivity index (χ1v) is 11.2. The van der Waals surface area contributed by atoms with Gasteiger partial charge in [0.2, 0.25) is 0 Å². The maximum absolute atomic E-state index is 12.6. The molecule has 5 nitrogen and oxygen atoms in total. The standard InChI is InChI=1S/C23H26N4OS/c1-14(2)27-22-10-5-15(3)11-19(22)20(12-24)23(27)21-9-8-18(13-25-21)29(28)26-16(4)17-6-7-17/h5,8-11,13-14,16-17,26H,6-7H2,1-4H3/t16-,29?/m0/s1. The summed E-state index contributed by atoms with van der Waals surface area (Å²) >= 11 is 0. The Morgan fingerprint density at radius 1 is 1.24 bits per heavy atom. The van der Waals surface area contributed by atoms with Crippen molar-refractivity contribution in [1.29, 1.82) is 5.26 Å². The highest BCUT2D eigenvalue weighted by Gasteiger charge is 2.29. The molecule has 2 aromatic heterocycles. The average molecular weight is 407 g/mol. The molecule has 6 heteroatoms. The highest BCUT2D eigenvalue weighted by Crippen LogP contribution is 2.36. The monoisotopic (exact) mass is 406 g/mol. The van der Waals surface area contributed by atoms with E-state index >= 15 is 0 Å². The number of hydrogen-bond donors (Lipinski definition) is 1. The Kier molecular flexibility index (Phi) is 5.28. The molecule has 29 heavy (non-hydrogen) atoms. The van der Waals surface area contributed by atoms with Crippen molar-refractivity contribution in [2.45, 2.75) is 57.5 Å². The highest BCUT2D eigenvalue weighted by atomic mass is 32.2. The van der Waals surface area contributed by atoms with Crippen LogP contribution in [0.5, 0.6) is 0 Å². The van der Waals surface area contributed by atoms with Crippen LogP contribution in [0.4, 0.5) is 0 Å². The van der Waals surface area contributed by atoms with Crippen LogP contribution in [-0.2, 0) is 11.0 Å². The van der Waals surface area contributed by atoms with E-state index < -0.39 is 11.0 Å². The van der Waals surface area contributed by atoms with Crippen molar-refractivity contribution in [3.63, 3.8) is 0 Å². The fourth-order valence-corrected chi connectivity index (χ4v) is 4.90. The number of hydrogen-bond acceptors (Lipinski definition) is 3. The minimum atomic E-state index is -1.28. The quantitative estimate of drug-likeness (QED) is 0.634. The predicted molar refractivity (Wildman–Crippen MR) is 117 cm³/mol. The third-order valence-electron chi connectivity index (χ3n) is 5.60. The zero-order valence-electron chi connectivity index (χ0n) is 17.3. The Labute approximate surface area is 174 Å². The van der Waals surface area contributed by atoms with Gasteiger partial charge < -0.3 is 4.57 Å². The smallest absolute Gasteiger partial charge is 0.126 e. The number of rotatable bonds is 6. The number of pyridine rings is 1. The van der Waals surface area contributed by atoms with Crippen molar-refractivity contribution >= 4 is 21.9 Å². The Morgan fingerprint density at radius 2 is 2.00 bits per heavy atom. The lowest BCUT2D eigenvalue weighted by Crippen LogP contribution is -2.29. The molecule has 1 saturated carbocycles. The maximum atomic E-state index is 12.6. The second-order valence-corrected chi connectivity index (χ2v) is 9.46. The number of nitrogens with zero attached hydrogens (tertiary/aromatic N) is 3. The fraction of sp³-hybridized carbons (Fsp3) is 0.391. The van der Waals surface area contributed by atoms with Gasteiger partial charge in [0.1, 0.15) is 17.1 Å². The summed E-state index contributed by atoms with van der Waals surface area (Å²) < 4.78 is 18.0. The number of nitriles is 1. The molecule has 1 aromatic carbocycles. The van der Waals surface area contributed by atoms with Gasteiger partial charge in [-0.25, -0.2) is 8.93 Å². The molecule has 0 aliphatic heterocycles. The Hall–Kier alpha value is -2.49. The number of aromatic nitrogens is 2. The topological polar surface area (TPSA) is 70.7 Å². The number of fused-ring (bicyclic) bond motifs is 1. The molecule has 1 unspecified atom stereocenters. The van der Waals surface area contributed by atoms with Gasteiger partial charge in [-0.05, 0) is 70.7 Å².